The van der Waals surface area contributed by atoms with Crippen molar-refractivity contribution in [2.24, 2.45) is 0 Å². The predicted molar refractivity (Wildman–Crippen MR) is 103 cm³/mol. The van der Waals surface area contributed by atoms with E-state index in [1.54, 1.807) is 7.11 Å². The lowest BCUT2D eigenvalue weighted by Gasteiger charge is -2.16. The molecular weight excluding hydrogens is 388 g/mol. The Kier molecular flexibility index (Phi) is 5.16. The molecule has 0 radical (unpaired) electrons. The van der Waals surface area contributed by atoms with Gasteiger partial charge in [-0.1, -0.05) is 45.9 Å². The average molecular weight is 405 g/mol. The number of methoxy groups -OCH3 is 1. The zero-order chi connectivity index (χ0) is 17.1. The van der Waals surface area contributed by atoms with Gasteiger partial charge in [-0.15, -0.1) is 0 Å². The van der Waals surface area contributed by atoms with Crippen LogP contribution in [0.3, 0.4) is 0 Å². The van der Waals surface area contributed by atoms with E-state index in [-0.39, 0.29) is 11.4 Å². The maximum Gasteiger partial charge on any atom is 0.260 e. The molecule has 124 valence electrons. The van der Waals surface area contributed by atoms with Crippen LogP contribution in [0.2, 0.25) is 0 Å². The minimum absolute atomic E-state index is 0.0768. The fourth-order valence-corrected chi connectivity index (χ4v) is 3.59. The highest BCUT2D eigenvalue weighted by Crippen LogP contribution is 2.33. The van der Waals surface area contributed by atoms with E-state index < -0.39 is 0 Å². The summed E-state index contributed by atoms with van der Waals surface area (Å²) < 4.78 is 6.38. The maximum absolute atomic E-state index is 12.2. The van der Waals surface area contributed by atoms with Gasteiger partial charge < -0.3 is 15.4 Å². The second-order valence-electron chi connectivity index (χ2n) is 5.38. The van der Waals surface area contributed by atoms with E-state index in [1.807, 2.05) is 55.5 Å². The van der Waals surface area contributed by atoms with Gasteiger partial charge in [0.2, 0.25) is 0 Å². The monoisotopic (exact) mass is 404 g/mol. The number of benzene rings is 2. The quantitative estimate of drug-likeness (QED) is 0.742. The van der Waals surface area contributed by atoms with Crippen molar-refractivity contribution in [2.75, 3.05) is 12.4 Å². The number of ether oxygens (including phenoxy) is 1. The number of amides is 1. The molecule has 1 amide bonds. The number of halogens is 1. The van der Waals surface area contributed by atoms with Crippen LogP contribution in [0.5, 0.6) is 5.75 Å². The molecule has 1 fully saturated rings. The van der Waals surface area contributed by atoms with E-state index in [0.29, 0.717) is 4.91 Å². The van der Waals surface area contributed by atoms with Crippen LogP contribution in [0.4, 0.5) is 5.69 Å². The molecule has 2 aromatic rings. The van der Waals surface area contributed by atoms with E-state index in [2.05, 4.69) is 26.6 Å². The van der Waals surface area contributed by atoms with Crippen molar-refractivity contribution in [3.63, 3.8) is 0 Å². The zero-order valence-corrected chi connectivity index (χ0v) is 15.7. The second kappa shape index (κ2) is 7.32. The molecule has 0 bridgehead atoms. The predicted octanol–water partition coefficient (Wildman–Crippen LogP) is 4.37. The zero-order valence-electron chi connectivity index (χ0n) is 13.3. The Morgan fingerprint density at radius 3 is 2.71 bits per heavy atom. The first-order chi connectivity index (χ1) is 11.5. The second-order valence-corrected chi connectivity index (χ2v) is 7.44. The van der Waals surface area contributed by atoms with Crippen LogP contribution >= 0.6 is 27.7 Å². The molecule has 4 nitrogen and oxygen atoms in total. The van der Waals surface area contributed by atoms with Gasteiger partial charge in [0.15, 0.2) is 5.50 Å². The first kappa shape index (κ1) is 16.9. The molecule has 0 aromatic heterocycles. The van der Waals surface area contributed by atoms with Gasteiger partial charge in [0.05, 0.1) is 17.7 Å². The summed E-state index contributed by atoms with van der Waals surface area (Å²) in [6.45, 7) is 2.02. The van der Waals surface area contributed by atoms with E-state index in [0.717, 1.165) is 27.0 Å². The summed E-state index contributed by atoms with van der Waals surface area (Å²) in [6, 6.07) is 13.8. The van der Waals surface area contributed by atoms with Crippen LogP contribution in [0.1, 0.15) is 11.1 Å². The standard InChI is InChI=1S/C18H17BrN2O2S/c1-11-3-8-15(23-2)14(9-11)20-18-21-17(22)16(24-18)10-12-4-6-13(19)7-5-12/h3-10,18,20H,1-2H3,(H,21,22)/b16-10-. The maximum atomic E-state index is 12.2. The Morgan fingerprint density at radius 2 is 2.00 bits per heavy atom. The lowest BCUT2D eigenvalue weighted by molar-refractivity contribution is -0.116. The number of anilines is 1. The largest absolute Gasteiger partial charge is 0.495 e. The van der Waals surface area contributed by atoms with Crippen molar-refractivity contribution in [1.29, 1.82) is 0 Å². The summed E-state index contributed by atoms with van der Waals surface area (Å²) in [7, 11) is 1.63. The van der Waals surface area contributed by atoms with Crippen LogP contribution < -0.4 is 15.4 Å². The Bertz CT molecular complexity index is 790. The number of nitrogens with one attached hydrogen (secondary N) is 2. The first-order valence-electron chi connectivity index (χ1n) is 7.41. The highest BCUT2D eigenvalue weighted by atomic mass is 79.9. The summed E-state index contributed by atoms with van der Waals surface area (Å²) in [6.07, 6.45) is 1.89. The number of carbonyl (C=O) groups excluding carboxylic acids is 1. The molecule has 2 aromatic carbocycles. The molecule has 1 aliphatic heterocycles. The highest BCUT2D eigenvalue weighted by molar-refractivity contribution is 9.10. The summed E-state index contributed by atoms with van der Waals surface area (Å²) >= 11 is 4.87. The lowest BCUT2D eigenvalue weighted by atomic mass is 10.2. The van der Waals surface area contributed by atoms with E-state index >= 15 is 0 Å². The molecule has 0 aliphatic carbocycles. The van der Waals surface area contributed by atoms with Crippen LogP contribution in [-0.4, -0.2) is 18.5 Å². The number of hydrogen-bond acceptors (Lipinski definition) is 4. The van der Waals surface area contributed by atoms with Crippen LogP contribution in [0, 0.1) is 6.92 Å². The summed E-state index contributed by atoms with van der Waals surface area (Å²) in [5.74, 6) is 0.674. The van der Waals surface area contributed by atoms with Gasteiger partial charge >= 0.3 is 0 Å². The third-order valence-electron chi connectivity index (χ3n) is 3.54. The number of hydrogen-bond donors (Lipinski definition) is 2. The molecule has 2 N–H and O–H groups in total. The van der Waals surface area contributed by atoms with Crippen molar-refractivity contribution in [3.05, 3.63) is 63.0 Å². The van der Waals surface area contributed by atoms with Gasteiger partial charge in [0.1, 0.15) is 5.75 Å². The van der Waals surface area contributed by atoms with Crippen molar-refractivity contribution in [2.45, 2.75) is 12.4 Å². The van der Waals surface area contributed by atoms with Gasteiger partial charge in [-0.05, 0) is 48.4 Å². The summed E-state index contributed by atoms with van der Waals surface area (Å²) in [4.78, 5) is 12.9. The summed E-state index contributed by atoms with van der Waals surface area (Å²) in [5, 5.41) is 6.25. The van der Waals surface area contributed by atoms with Gasteiger partial charge in [0.25, 0.3) is 5.91 Å². The fourth-order valence-electron chi connectivity index (χ4n) is 2.35. The normalized spacial score (nSPS) is 18.5. The van der Waals surface area contributed by atoms with Gasteiger partial charge in [-0.2, -0.15) is 0 Å². The average Bonchev–Trinajstić information content (AvgIpc) is 2.89. The third-order valence-corrected chi connectivity index (χ3v) is 5.10. The third kappa shape index (κ3) is 3.94. The van der Waals surface area contributed by atoms with E-state index in [9.17, 15) is 4.79 Å². The van der Waals surface area contributed by atoms with Gasteiger partial charge in [0, 0.05) is 4.47 Å². The number of aryl methyl sites for hydroxylation is 1. The van der Waals surface area contributed by atoms with Gasteiger partial charge in [-0.3, -0.25) is 4.79 Å². The SMILES string of the molecule is COc1ccc(C)cc1NC1NC(=O)/C(=C/c2ccc(Br)cc2)S1. The van der Waals surface area contributed by atoms with E-state index in [4.69, 9.17) is 4.74 Å². The highest BCUT2D eigenvalue weighted by Gasteiger charge is 2.27. The minimum Gasteiger partial charge on any atom is -0.495 e. The molecule has 0 saturated carbocycles. The molecule has 0 spiro atoms. The van der Waals surface area contributed by atoms with Gasteiger partial charge in [-0.25, -0.2) is 0 Å². The minimum atomic E-state index is -0.227. The van der Waals surface area contributed by atoms with Crippen molar-refractivity contribution in [3.8, 4) is 5.75 Å². The smallest absolute Gasteiger partial charge is 0.260 e. The molecular formula is C18H17BrN2O2S. The Labute approximate surface area is 153 Å². The topological polar surface area (TPSA) is 50.4 Å². The molecule has 1 unspecified atom stereocenters. The van der Waals surface area contributed by atoms with Crippen LogP contribution in [-0.2, 0) is 4.79 Å². The Balaban J connectivity index is 1.75. The van der Waals surface area contributed by atoms with Crippen LogP contribution in [0.15, 0.2) is 51.8 Å². The Morgan fingerprint density at radius 1 is 1.25 bits per heavy atom. The van der Waals surface area contributed by atoms with Crippen molar-refractivity contribution >= 4 is 45.4 Å². The summed E-state index contributed by atoms with van der Waals surface area (Å²) in [5.41, 5.74) is 2.75. The molecule has 1 heterocycles. The first-order valence-corrected chi connectivity index (χ1v) is 9.08. The van der Waals surface area contributed by atoms with E-state index in [1.165, 1.54) is 11.8 Å². The lowest BCUT2D eigenvalue weighted by Crippen LogP contribution is -2.31. The number of carbonyl (C=O) groups is 1. The fraction of sp³-hybridized carbons (Fsp3) is 0.167. The molecule has 1 saturated heterocycles. The molecule has 1 aliphatic rings. The molecule has 6 heteroatoms. The van der Waals surface area contributed by atoms with Crippen molar-refractivity contribution in [1.82, 2.24) is 5.32 Å². The number of thioether (sulfide) groups is 1. The van der Waals surface area contributed by atoms with Crippen LogP contribution in [0.25, 0.3) is 6.08 Å². The number of rotatable bonds is 4. The molecule has 1 atom stereocenters. The Hall–Kier alpha value is -1.92. The van der Waals surface area contributed by atoms with Crippen molar-refractivity contribution < 1.29 is 9.53 Å². The molecule has 24 heavy (non-hydrogen) atoms. The molecule has 3 rings (SSSR count).